The van der Waals surface area contributed by atoms with Crippen molar-refractivity contribution in [1.29, 1.82) is 0 Å². The van der Waals surface area contributed by atoms with Gasteiger partial charge in [-0.2, -0.15) is 0 Å². The van der Waals surface area contributed by atoms with Gasteiger partial charge in [-0.3, -0.25) is 9.59 Å². The highest BCUT2D eigenvalue weighted by molar-refractivity contribution is 5.84. The summed E-state index contributed by atoms with van der Waals surface area (Å²) < 4.78 is 5.08. The molecule has 0 aliphatic carbocycles. The number of aryl methyl sites for hydroxylation is 2. The Morgan fingerprint density at radius 2 is 1.86 bits per heavy atom. The van der Waals surface area contributed by atoms with Crippen LogP contribution in [0.3, 0.4) is 0 Å². The molecule has 0 aliphatic rings. The molecule has 21 heavy (non-hydrogen) atoms. The van der Waals surface area contributed by atoms with Crippen molar-refractivity contribution >= 4 is 11.9 Å². The quantitative estimate of drug-likeness (QED) is 0.836. The highest BCUT2D eigenvalue weighted by Crippen LogP contribution is 2.32. The third-order valence-corrected chi connectivity index (χ3v) is 4.30. The Kier molecular flexibility index (Phi) is 5.52. The summed E-state index contributed by atoms with van der Waals surface area (Å²) in [6, 6.07) is 0. The van der Waals surface area contributed by atoms with Gasteiger partial charge >= 0.3 is 5.97 Å². The number of hydrogen-bond acceptors (Lipinski definition) is 4. The Labute approximate surface area is 125 Å². The molecule has 118 valence electrons. The van der Waals surface area contributed by atoms with E-state index in [0.717, 1.165) is 11.3 Å². The van der Waals surface area contributed by atoms with E-state index in [9.17, 15) is 14.7 Å². The van der Waals surface area contributed by atoms with Gasteiger partial charge in [0.2, 0.25) is 5.91 Å². The van der Waals surface area contributed by atoms with Crippen LogP contribution in [0.4, 0.5) is 0 Å². The zero-order valence-corrected chi connectivity index (χ0v) is 13.4. The fraction of sp³-hybridized carbons (Fsp3) is 0.667. The first-order chi connectivity index (χ1) is 9.77. The predicted molar refractivity (Wildman–Crippen MR) is 77.7 cm³/mol. The lowest BCUT2D eigenvalue weighted by molar-refractivity contribution is -0.154. The standard InChI is InChI=1S/C15H24N2O4/c1-6-15(7-2,14(19)20)8-13(18)17(5)9-12-10(3)16-21-11(12)4/h6-9H2,1-5H3,(H,19,20). The highest BCUT2D eigenvalue weighted by Gasteiger charge is 2.38. The zero-order chi connectivity index (χ0) is 16.2. The van der Waals surface area contributed by atoms with Crippen molar-refractivity contribution in [3.05, 3.63) is 17.0 Å². The number of carbonyl (C=O) groups is 2. The molecule has 1 heterocycles. The molecule has 0 saturated heterocycles. The van der Waals surface area contributed by atoms with Crippen molar-refractivity contribution in [2.45, 2.75) is 53.5 Å². The van der Waals surface area contributed by atoms with Crippen molar-refractivity contribution in [2.75, 3.05) is 7.05 Å². The molecule has 0 saturated carbocycles. The minimum absolute atomic E-state index is 0.00914. The summed E-state index contributed by atoms with van der Waals surface area (Å²) in [6.45, 7) is 7.61. The van der Waals surface area contributed by atoms with E-state index in [1.807, 2.05) is 6.92 Å². The van der Waals surface area contributed by atoms with Crippen LogP contribution in [0.5, 0.6) is 0 Å². The van der Waals surface area contributed by atoms with E-state index in [-0.39, 0.29) is 12.3 Å². The lowest BCUT2D eigenvalue weighted by Gasteiger charge is -2.28. The first-order valence-corrected chi connectivity index (χ1v) is 7.16. The van der Waals surface area contributed by atoms with Crippen LogP contribution in [0.1, 0.15) is 50.1 Å². The topological polar surface area (TPSA) is 83.6 Å². The molecule has 0 atom stereocenters. The Bertz CT molecular complexity index is 498. The number of carbonyl (C=O) groups excluding carboxylic acids is 1. The molecule has 1 aromatic rings. The van der Waals surface area contributed by atoms with Crippen molar-refractivity contribution in [3.63, 3.8) is 0 Å². The maximum absolute atomic E-state index is 12.3. The molecule has 0 spiro atoms. The fourth-order valence-electron chi connectivity index (χ4n) is 2.36. The molecule has 6 heteroatoms. The lowest BCUT2D eigenvalue weighted by atomic mass is 9.79. The normalized spacial score (nSPS) is 11.5. The van der Waals surface area contributed by atoms with Gasteiger partial charge in [0.25, 0.3) is 0 Å². The van der Waals surface area contributed by atoms with Crippen LogP contribution in [0.25, 0.3) is 0 Å². The molecule has 0 unspecified atom stereocenters. The Hall–Kier alpha value is -1.85. The summed E-state index contributed by atoms with van der Waals surface area (Å²) in [7, 11) is 1.67. The van der Waals surface area contributed by atoms with Crippen molar-refractivity contribution in [3.8, 4) is 0 Å². The van der Waals surface area contributed by atoms with Crippen LogP contribution >= 0.6 is 0 Å². The van der Waals surface area contributed by atoms with Gasteiger partial charge in [0, 0.05) is 19.0 Å². The Balaban J connectivity index is 2.81. The van der Waals surface area contributed by atoms with E-state index < -0.39 is 11.4 Å². The summed E-state index contributed by atoms with van der Waals surface area (Å²) in [5, 5.41) is 13.3. The molecule has 0 aliphatic heterocycles. The second kappa shape index (κ2) is 6.74. The number of hydrogen-bond donors (Lipinski definition) is 1. The average Bonchev–Trinajstić information content (AvgIpc) is 2.76. The van der Waals surface area contributed by atoms with Gasteiger partial charge in [-0.25, -0.2) is 0 Å². The SMILES string of the molecule is CCC(CC)(CC(=O)N(C)Cc1c(C)noc1C)C(=O)O. The van der Waals surface area contributed by atoms with Gasteiger partial charge in [-0.1, -0.05) is 19.0 Å². The first kappa shape index (κ1) is 17.2. The zero-order valence-electron chi connectivity index (χ0n) is 13.4. The van der Waals surface area contributed by atoms with Crippen LogP contribution in [0.15, 0.2) is 4.52 Å². The van der Waals surface area contributed by atoms with Crippen LogP contribution in [0, 0.1) is 19.3 Å². The minimum atomic E-state index is -0.982. The van der Waals surface area contributed by atoms with E-state index in [0.29, 0.717) is 25.1 Å². The largest absolute Gasteiger partial charge is 0.481 e. The van der Waals surface area contributed by atoms with Crippen LogP contribution < -0.4 is 0 Å². The summed E-state index contributed by atoms with van der Waals surface area (Å²) >= 11 is 0. The molecule has 0 radical (unpaired) electrons. The van der Waals surface area contributed by atoms with Gasteiger partial charge in [-0.15, -0.1) is 0 Å². The van der Waals surface area contributed by atoms with E-state index in [4.69, 9.17) is 4.52 Å². The summed E-state index contributed by atoms with van der Waals surface area (Å²) in [6.07, 6.45) is 0.878. The van der Waals surface area contributed by atoms with Crippen LogP contribution in [0.2, 0.25) is 0 Å². The number of aliphatic carboxylic acids is 1. The minimum Gasteiger partial charge on any atom is -0.481 e. The van der Waals surface area contributed by atoms with Gasteiger partial charge in [-0.05, 0) is 26.7 Å². The smallest absolute Gasteiger partial charge is 0.310 e. The van der Waals surface area contributed by atoms with Crippen molar-refractivity contribution < 1.29 is 19.2 Å². The fourth-order valence-corrected chi connectivity index (χ4v) is 2.36. The summed E-state index contributed by atoms with van der Waals surface area (Å²) in [5.74, 6) is -0.407. The number of carboxylic acids is 1. The average molecular weight is 296 g/mol. The summed E-state index contributed by atoms with van der Waals surface area (Å²) in [4.78, 5) is 25.3. The third kappa shape index (κ3) is 3.62. The molecule has 1 amide bonds. The number of carboxylic acid groups (broad SMARTS) is 1. The lowest BCUT2D eigenvalue weighted by Crippen LogP contribution is -2.37. The van der Waals surface area contributed by atoms with E-state index in [1.54, 1.807) is 27.8 Å². The number of amides is 1. The van der Waals surface area contributed by atoms with Gasteiger partial charge < -0.3 is 14.5 Å². The maximum atomic E-state index is 12.3. The van der Waals surface area contributed by atoms with Crippen molar-refractivity contribution in [2.24, 2.45) is 5.41 Å². The maximum Gasteiger partial charge on any atom is 0.310 e. The van der Waals surface area contributed by atoms with E-state index in [1.165, 1.54) is 4.90 Å². The predicted octanol–water partition coefficient (Wildman–Crippen LogP) is 2.53. The van der Waals surface area contributed by atoms with Gasteiger partial charge in [0.05, 0.1) is 17.7 Å². The monoisotopic (exact) mass is 296 g/mol. The summed E-state index contributed by atoms with van der Waals surface area (Å²) in [5.41, 5.74) is 0.645. The van der Waals surface area contributed by atoms with Gasteiger partial charge in [0.1, 0.15) is 5.76 Å². The molecule has 0 fully saturated rings. The Morgan fingerprint density at radius 3 is 2.24 bits per heavy atom. The van der Waals surface area contributed by atoms with E-state index >= 15 is 0 Å². The molecular weight excluding hydrogens is 272 g/mol. The molecule has 6 nitrogen and oxygen atoms in total. The second-order valence-corrected chi connectivity index (χ2v) is 5.52. The van der Waals surface area contributed by atoms with Crippen molar-refractivity contribution in [1.82, 2.24) is 10.1 Å². The number of rotatable bonds is 7. The molecule has 1 N–H and O–H groups in total. The first-order valence-electron chi connectivity index (χ1n) is 7.16. The molecule has 1 aromatic heterocycles. The van der Waals surface area contributed by atoms with Crippen LogP contribution in [-0.2, 0) is 16.1 Å². The highest BCUT2D eigenvalue weighted by atomic mass is 16.5. The van der Waals surface area contributed by atoms with Crippen LogP contribution in [-0.4, -0.2) is 34.1 Å². The van der Waals surface area contributed by atoms with E-state index in [2.05, 4.69) is 5.16 Å². The molecule has 0 bridgehead atoms. The second-order valence-electron chi connectivity index (χ2n) is 5.52. The Morgan fingerprint density at radius 1 is 1.29 bits per heavy atom. The number of nitrogens with zero attached hydrogens (tertiary/aromatic N) is 2. The molecule has 1 rings (SSSR count). The van der Waals surface area contributed by atoms with Gasteiger partial charge in [0.15, 0.2) is 0 Å². The molecular formula is C15H24N2O4. The number of aromatic nitrogens is 1. The molecule has 0 aromatic carbocycles. The third-order valence-electron chi connectivity index (χ3n) is 4.30.